The minimum atomic E-state index is -0.935. The smallest absolute Gasteiger partial charge is 0.323 e. The van der Waals surface area contributed by atoms with Crippen molar-refractivity contribution in [3.8, 4) is 0 Å². The molecule has 0 aliphatic carbocycles. The van der Waals surface area contributed by atoms with Gasteiger partial charge in [-0.25, -0.2) is 0 Å². The molecule has 1 aliphatic heterocycles. The van der Waals surface area contributed by atoms with Crippen LogP contribution in [0.1, 0.15) is 12.8 Å². The van der Waals surface area contributed by atoms with Gasteiger partial charge in [-0.2, -0.15) is 5.06 Å². The van der Waals surface area contributed by atoms with Gasteiger partial charge in [-0.1, -0.05) is 0 Å². The molecule has 0 aromatic carbocycles. The highest BCUT2D eigenvalue weighted by Crippen LogP contribution is 2.13. The number of halogens is 1. The highest BCUT2D eigenvalue weighted by Gasteiger charge is 2.28. The van der Waals surface area contributed by atoms with Crippen LogP contribution in [0.5, 0.6) is 0 Å². The monoisotopic (exact) mass is 167 g/mol. The predicted octanol–water partition coefficient (Wildman–Crippen LogP) is 0.346. The Morgan fingerprint density at radius 3 is 2.40 bits per heavy atom. The topological polar surface area (TPSA) is 60.8 Å². The Hall–Kier alpha value is -0.320. The van der Waals surface area contributed by atoms with Crippen LogP contribution >= 0.6 is 12.4 Å². The maximum absolute atomic E-state index is 10.2. The van der Waals surface area contributed by atoms with Gasteiger partial charge in [0.05, 0.1) is 0 Å². The van der Waals surface area contributed by atoms with E-state index in [1.807, 2.05) is 0 Å². The van der Waals surface area contributed by atoms with Crippen molar-refractivity contribution in [2.75, 3.05) is 6.54 Å². The van der Waals surface area contributed by atoms with Crippen LogP contribution < -0.4 is 0 Å². The lowest BCUT2D eigenvalue weighted by atomic mass is 10.2. The fourth-order valence-corrected chi connectivity index (χ4v) is 1.00. The lowest BCUT2D eigenvalue weighted by Crippen LogP contribution is -2.32. The van der Waals surface area contributed by atoms with E-state index in [0.29, 0.717) is 13.0 Å². The highest BCUT2D eigenvalue weighted by molar-refractivity contribution is 5.85. The van der Waals surface area contributed by atoms with Crippen LogP contribution in [0.2, 0.25) is 0 Å². The van der Waals surface area contributed by atoms with Gasteiger partial charge in [0.15, 0.2) is 0 Å². The molecule has 0 amide bonds. The quantitative estimate of drug-likeness (QED) is 0.592. The first kappa shape index (κ1) is 9.68. The molecule has 0 spiro atoms. The molecule has 10 heavy (non-hydrogen) atoms. The van der Waals surface area contributed by atoms with E-state index in [2.05, 4.69) is 0 Å². The summed E-state index contributed by atoms with van der Waals surface area (Å²) in [5.41, 5.74) is 0. The Labute approximate surface area is 64.8 Å². The third-order valence-electron chi connectivity index (χ3n) is 1.51. The number of hydroxylamine groups is 2. The molecule has 1 aliphatic rings. The van der Waals surface area contributed by atoms with Crippen molar-refractivity contribution in [1.82, 2.24) is 5.06 Å². The molecule has 60 valence electrons. The summed E-state index contributed by atoms with van der Waals surface area (Å²) in [6, 6.07) is -0.662. The summed E-state index contributed by atoms with van der Waals surface area (Å²) < 4.78 is 0. The molecule has 0 bridgehead atoms. The maximum Gasteiger partial charge on any atom is 0.323 e. The largest absolute Gasteiger partial charge is 0.480 e. The maximum atomic E-state index is 10.2. The zero-order valence-corrected chi connectivity index (χ0v) is 6.17. The molecule has 1 fully saturated rings. The van der Waals surface area contributed by atoms with Crippen LogP contribution in [0, 0.1) is 0 Å². The van der Waals surface area contributed by atoms with Crippen molar-refractivity contribution in [3.05, 3.63) is 0 Å². The molecule has 1 rings (SSSR count). The number of nitrogens with zero attached hydrogens (tertiary/aromatic N) is 1. The molecular formula is C5H10ClNO3. The SMILES string of the molecule is Cl.O=C(O)[C@@H]1CCCN1O. The van der Waals surface area contributed by atoms with Crippen LogP contribution in [-0.4, -0.2) is 33.9 Å². The summed E-state index contributed by atoms with van der Waals surface area (Å²) in [6.07, 6.45) is 1.33. The van der Waals surface area contributed by atoms with Gasteiger partial charge in [-0.15, -0.1) is 12.4 Å². The van der Waals surface area contributed by atoms with Crippen molar-refractivity contribution < 1.29 is 15.1 Å². The van der Waals surface area contributed by atoms with Crippen LogP contribution in [0.25, 0.3) is 0 Å². The normalized spacial score (nSPS) is 25.9. The summed E-state index contributed by atoms with van der Waals surface area (Å²) >= 11 is 0. The number of carboxylic acids is 1. The molecular weight excluding hydrogens is 158 g/mol. The molecule has 0 radical (unpaired) electrons. The van der Waals surface area contributed by atoms with Crippen LogP contribution in [0.4, 0.5) is 0 Å². The summed E-state index contributed by atoms with van der Waals surface area (Å²) in [5, 5.41) is 18.1. The second-order valence-electron chi connectivity index (χ2n) is 2.16. The van der Waals surface area contributed by atoms with Crippen molar-refractivity contribution in [3.63, 3.8) is 0 Å². The van der Waals surface area contributed by atoms with E-state index in [0.717, 1.165) is 11.5 Å². The molecule has 0 unspecified atom stereocenters. The Balaban J connectivity index is 0.000000810. The second kappa shape index (κ2) is 3.75. The second-order valence-corrected chi connectivity index (χ2v) is 2.16. The zero-order chi connectivity index (χ0) is 6.85. The summed E-state index contributed by atoms with van der Waals surface area (Å²) in [4.78, 5) is 10.2. The van der Waals surface area contributed by atoms with Crippen molar-refractivity contribution >= 4 is 18.4 Å². The van der Waals surface area contributed by atoms with E-state index in [1.54, 1.807) is 0 Å². The number of hydrogen-bond acceptors (Lipinski definition) is 3. The lowest BCUT2D eigenvalue weighted by Gasteiger charge is -2.11. The van der Waals surface area contributed by atoms with E-state index in [1.165, 1.54) is 0 Å². The first-order valence-corrected chi connectivity index (χ1v) is 2.90. The van der Waals surface area contributed by atoms with Gasteiger partial charge in [0.25, 0.3) is 0 Å². The van der Waals surface area contributed by atoms with E-state index < -0.39 is 12.0 Å². The Bertz CT molecular complexity index is 130. The molecule has 0 saturated carbocycles. The van der Waals surface area contributed by atoms with Crippen molar-refractivity contribution in [2.45, 2.75) is 18.9 Å². The van der Waals surface area contributed by atoms with Crippen LogP contribution in [-0.2, 0) is 4.79 Å². The van der Waals surface area contributed by atoms with E-state index >= 15 is 0 Å². The molecule has 2 N–H and O–H groups in total. The van der Waals surface area contributed by atoms with Gasteiger partial charge in [0, 0.05) is 6.54 Å². The Morgan fingerprint density at radius 1 is 1.60 bits per heavy atom. The minimum Gasteiger partial charge on any atom is -0.480 e. The average molecular weight is 168 g/mol. The lowest BCUT2D eigenvalue weighted by molar-refractivity contribution is -0.160. The van der Waals surface area contributed by atoms with Gasteiger partial charge in [0.1, 0.15) is 6.04 Å². The average Bonchev–Trinajstić information content (AvgIpc) is 2.13. The first-order valence-electron chi connectivity index (χ1n) is 2.90. The number of carbonyl (C=O) groups is 1. The summed E-state index contributed by atoms with van der Waals surface area (Å²) in [5.74, 6) is -0.935. The Kier molecular flexibility index (Phi) is 3.63. The highest BCUT2D eigenvalue weighted by atomic mass is 35.5. The van der Waals surface area contributed by atoms with Crippen LogP contribution in [0.15, 0.2) is 0 Å². The van der Waals surface area contributed by atoms with E-state index in [-0.39, 0.29) is 12.4 Å². The van der Waals surface area contributed by atoms with Gasteiger partial charge in [-0.3, -0.25) is 4.79 Å². The summed E-state index contributed by atoms with van der Waals surface area (Å²) in [6.45, 7) is 0.483. The van der Waals surface area contributed by atoms with Gasteiger partial charge >= 0.3 is 5.97 Å². The predicted molar refractivity (Wildman–Crippen MR) is 36.4 cm³/mol. The Morgan fingerprint density at radius 2 is 2.20 bits per heavy atom. The third-order valence-corrected chi connectivity index (χ3v) is 1.51. The van der Waals surface area contributed by atoms with E-state index in [9.17, 15) is 4.79 Å². The number of hydrogen-bond donors (Lipinski definition) is 2. The van der Waals surface area contributed by atoms with Crippen molar-refractivity contribution in [2.24, 2.45) is 0 Å². The molecule has 0 aromatic rings. The van der Waals surface area contributed by atoms with Crippen LogP contribution in [0.3, 0.4) is 0 Å². The fraction of sp³-hybridized carbons (Fsp3) is 0.800. The fourth-order valence-electron chi connectivity index (χ4n) is 1.00. The molecule has 1 heterocycles. The molecule has 4 nitrogen and oxygen atoms in total. The molecule has 1 atom stereocenters. The molecule has 1 saturated heterocycles. The molecule has 0 aromatic heterocycles. The molecule has 5 heteroatoms. The zero-order valence-electron chi connectivity index (χ0n) is 5.36. The van der Waals surface area contributed by atoms with E-state index in [4.69, 9.17) is 10.3 Å². The number of carboxylic acid groups (broad SMARTS) is 1. The first-order chi connectivity index (χ1) is 4.22. The minimum absolute atomic E-state index is 0. The van der Waals surface area contributed by atoms with Gasteiger partial charge in [0.2, 0.25) is 0 Å². The standard InChI is InChI=1S/C5H9NO3.ClH/c7-5(8)4-2-1-3-6(4)9;/h4,9H,1-3H2,(H,7,8);1H/t4-;/m0./s1. The third kappa shape index (κ3) is 1.83. The number of rotatable bonds is 1. The van der Waals surface area contributed by atoms with Crippen molar-refractivity contribution in [1.29, 1.82) is 0 Å². The number of aliphatic carboxylic acids is 1. The summed E-state index contributed by atoms with van der Waals surface area (Å²) in [7, 11) is 0. The van der Waals surface area contributed by atoms with Gasteiger partial charge < -0.3 is 10.3 Å². The van der Waals surface area contributed by atoms with Gasteiger partial charge in [-0.05, 0) is 12.8 Å².